The molecule has 14 heavy (non-hydrogen) atoms. The lowest BCUT2D eigenvalue weighted by molar-refractivity contribution is 0.211. The van der Waals surface area contributed by atoms with Crippen LogP contribution in [0.3, 0.4) is 0 Å². The van der Waals surface area contributed by atoms with E-state index >= 15 is 0 Å². The summed E-state index contributed by atoms with van der Waals surface area (Å²) < 4.78 is 0. The normalized spacial score (nSPS) is 30.4. The molecular weight excluding hydrogens is 174 g/mol. The Morgan fingerprint density at radius 3 is 2.86 bits per heavy atom. The molecule has 0 radical (unpaired) electrons. The number of rotatable bonds is 3. The maximum Gasteiger partial charge on any atom is 0.0505 e. The van der Waals surface area contributed by atoms with Crippen molar-refractivity contribution in [1.29, 1.82) is 0 Å². The molecule has 1 aromatic rings. The Bertz CT molecular complexity index is 331. The molecule has 1 aromatic carbocycles. The van der Waals surface area contributed by atoms with Crippen molar-refractivity contribution in [2.45, 2.75) is 19.3 Å². The van der Waals surface area contributed by atoms with Crippen LogP contribution in [0.15, 0.2) is 24.3 Å². The van der Waals surface area contributed by atoms with E-state index in [0.717, 1.165) is 6.42 Å². The molecule has 76 valence electrons. The molecule has 0 spiro atoms. The lowest BCUT2D eigenvalue weighted by atomic mass is 9.99. The van der Waals surface area contributed by atoms with Gasteiger partial charge in [-0.2, -0.15) is 0 Å². The Morgan fingerprint density at radius 2 is 2.36 bits per heavy atom. The van der Waals surface area contributed by atoms with Crippen LogP contribution in [0.1, 0.15) is 23.5 Å². The average molecular weight is 191 g/mol. The summed E-state index contributed by atoms with van der Waals surface area (Å²) in [6, 6.07) is 8.49. The van der Waals surface area contributed by atoms with E-state index in [2.05, 4.69) is 31.2 Å². The molecule has 0 aliphatic heterocycles. The Kier molecular flexibility index (Phi) is 2.33. The maximum atomic E-state index is 9.28. The first-order chi connectivity index (χ1) is 6.72. The highest BCUT2D eigenvalue weighted by atomic mass is 16.3. The van der Waals surface area contributed by atoms with E-state index < -0.39 is 0 Å². The first-order valence-electron chi connectivity index (χ1n) is 5.09. The van der Waals surface area contributed by atoms with Crippen LogP contribution in [0.4, 0.5) is 0 Å². The van der Waals surface area contributed by atoms with E-state index in [4.69, 9.17) is 5.73 Å². The van der Waals surface area contributed by atoms with E-state index in [1.165, 1.54) is 11.1 Å². The summed E-state index contributed by atoms with van der Waals surface area (Å²) >= 11 is 0. The number of hydrogen-bond donors (Lipinski definition) is 2. The van der Waals surface area contributed by atoms with Crippen LogP contribution in [0.5, 0.6) is 0 Å². The minimum atomic E-state index is -0.0200. The van der Waals surface area contributed by atoms with Crippen LogP contribution in [0.2, 0.25) is 0 Å². The zero-order chi connectivity index (χ0) is 10.2. The SMILES string of the molecule is Cc1cccc([C@H]2C[C@]2(CN)CO)c1. The van der Waals surface area contributed by atoms with Gasteiger partial charge in [0.25, 0.3) is 0 Å². The van der Waals surface area contributed by atoms with Crippen LogP contribution in [-0.2, 0) is 0 Å². The summed E-state index contributed by atoms with van der Waals surface area (Å²) in [5.74, 6) is 0.470. The van der Waals surface area contributed by atoms with Crippen molar-refractivity contribution in [3.05, 3.63) is 35.4 Å². The highest BCUT2D eigenvalue weighted by Crippen LogP contribution is 2.58. The van der Waals surface area contributed by atoms with Gasteiger partial charge in [-0.3, -0.25) is 0 Å². The smallest absolute Gasteiger partial charge is 0.0505 e. The lowest BCUT2D eigenvalue weighted by Gasteiger charge is -2.11. The fourth-order valence-corrected chi connectivity index (χ4v) is 2.17. The molecule has 2 nitrogen and oxygen atoms in total. The number of aliphatic hydroxyl groups is 1. The van der Waals surface area contributed by atoms with E-state index in [1.807, 2.05) is 0 Å². The summed E-state index contributed by atoms with van der Waals surface area (Å²) in [6.45, 7) is 2.89. The number of aryl methyl sites for hydroxylation is 1. The summed E-state index contributed by atoms with van der Waals surface area (Å²) in [6.07, 6.45) is 1.03. The quantitative estimate of drug-likeness (QED) is 0.759. The van der Waals surface area contributed by atoms with Crippen molar-refractivity contribution < 1.29 is 5.11 Å². The highest BCUT2D eigenvalue weighted by molar-refractivity contribution is 5.33. The minimum Gasteiger partial charge on any atom is -0.396 e. The molecule has 0 saturated heterocycles. The Balaban J connectivity index is 2.19. The molecule has 1 aliphatic rings. The van der Waals surface area contributed by atoms with Gasteiger partial charge in [-0.05, 0) is 24.8 Å². The molecule has 1 fully saturated rings. The third-order valence-corrected chi connectivity index (χ3v) is 3.36. The third-order valence-electron chi connectivity index (χ3n) is 3.36. The van der Waals surface area contributed by atoms with Gasteiger partial charge >= 0.3 is 0 Å². The first kappa shape index (κ1) is 9.69. The van der Waals surface area contributed by atoms with Gasteiger partial charge in [-0.1, -0.05) is 29.8 Å². The third kappa shape index (κ3) is 1.45. The zero-order valence-electron chi connectivity index (χ0n) is 8.53. The fourth-order valence-electron chi connectivity index (χ4n) is 2.17. The molecule has 0 heterocycles. The zero-order valence-corrected chi connectivity index (χ0v) is 8.53. The molecule has 1 saturated carbocycles. The van der Waals surface area contributed by atoms with Crippen LogP contribution in [-0.4, -0.2) is 18.3 Å². The standard InChI is InChI=1S/C12H17NO/c1-9-3-2-4-10(5-9)11-6-12(11,7-13)8-14/h2-5,11,14H,6-8,13H2,1H3/t11-,12+/m1/s1. The molecule has 0 bridgehead atoms. The molecule has 0 aromatic heterocycles. The molecule has 2 rings (SSSR count). The predicted molar refractivity (Wildman–Crippen MR) is 57.1 cm³/mol. The Hall–Kier alpha value is -0.860. The minimum absolute atomic E-state index is 0.0200. The Morgan fingerprint density at radius 1 is 1.57 bits per heavy atom. The Labute approximate surface area is 84.7 Å². The number of aliphatic hydroxyl groups excluding tert-OH is 1. The number of benzene rings is 1. The van der Waals surface area contributed by atoms with Gasteiger partial charge in [0.05, 0.1) is 6.61 Å². The van der Waals surface area contributed by atoms with E-state index in [9.17, 15) is 5.11 Å². The van der Waals surface area contributed by atoms with Crippen molar-refractivity contribution in [2.24, 2.45) is 11.1 Å². The molecule has 0 amide bonds. The first-order valence-corrected chi connectivity index (χ1v) is 5.09. The van der Waals surface area contributed by atoms with Crippen LogP contribution < -0.4 is 5.73 Å². The van der Waals surface area contributed by atoms with Gasteiger partial charge in [-0.25, -0.2) is 0 Å². The summed E-state index contributed by atoms with van der Waals surface area (Å²) in [5, 5.41) is 9.28. The molecular formula is C12H17NO. The van der Waals surface area contributed by atoms with E-state index in [-0.39, 0.29) is 12.0 Å². The topological polar surface area (TPSA) is 46.2 Å². The summed E-state index contributed by atoms with van der Waals surface area (Å²) in [7, 11) is 0. The molecule has 0 unspecified atom stereocenters. The summed E-state index contributed by atoms with van der Waals surface area (Å²) in [4.78, 5) is 0. The lowest BCUT2D eigenvalue weighted by Crippen LogP contribution is -2.21. The van der Waals surface area contributed by atoms with E-state index in [1.54, 1.807) is 0 Å². The van der Waals surface area contributed by atoms with Crippen LogP contribution in [0.25, 0.3) is 0 Å². The van der Waals surface area contributed by atoms with Gasteiger partial charge in [0.2, 0.25) is 0 Å². The molecule has 2 heteroatoms. The highest BCUT2D eigenvalue weighted by Gasteiger charge is 2.53. The largest absolute Gasteiger partial charge is 0.396 e. The van der Waals surface area contributed by atoms with Crippen molar-refractivity contribution in [1.82, 2.24) is 0 Å². The number of hydrogen-bond acceptors (Lipinski definition) is 2. The number of nitrogens with two attached hydrogens (primary N) is 1. The summed E-state index contributed by atoms with van der Waals surface area (Å²) in [5.41, 5.74) is 8.26. The van der Waals surface area contributed by atoms with Crippen molar-refractivity contribution in [3.8, 4) is 0 Å². The second-order valence-electron chi connectivity index (χ2n) is 4.40. The van der Waals surface area contributed by atoms with Crippen molar-refractivity contribution in [2.75, 3.05) is 13.2 Å². The average Bonchev–Trinajstić information content (AvgIpc) is 2.93. The molecule has 1 aliphatic carbocycles. The molecule has 3 N–H and O–H groups in total. The van der Waals surface area contributed by atoms with Gasteiger partial charge in [0.1, 0.15) is 0 Å². The van der Waals surface area contributed by atoms with Crippen LogP contribution >= 0.6 is 0 Å². The fraction of sp³-hybridized carbons (Fsp3) is 0.500. The molecule has 2 atom stereocenters. The van der Waals surface area contributed by atoms with Gasteiger partial charge in [0, 0.05) is 12.0 Å². The van der Waals surface area contributed by atoms with Gasteiger partial charge in [-0.15, -0.1) is 0 Å². The van der Waals surface area contributed by atoms with E-state index in [0.29, 0.717) is 12.5 Å². The monoisotopic (exact) mass is 191 g/mol. The van der Waals surface area contributed by atoms with Crippen molar-refractivity contribution >= 4 is 0 Å². The predicted octanol–water partition coefficient (Wildman–Crippen LogP) is 1.42. The second-order valence-corrected chi connectivity index (χ2v) is 4.40. The maximum absolute atomic E-state index is 9.28. The van der Waals surface area contributed by atoms with Gasteiger partial charge < -0.3 is 10.8 Å². The van der Waals surface area contributed by atoms with Crippen LogP contribution in [0, 0.1) is 12.3 Å². The van der Waals surface area contributed by atoms with Gasteiger partial charge in [0.15, 0.2) is 0 Å². The second kappa shape index (κ2) is 3.37. The van der Waals surface area contributed by atoms with Crippen molar-refractivity contribution in [3.63, 3.8) is 0 Å².